The summed E-state index contributed by atoms with van der Waals surface area (Å²) >= 11 is 0. The minimum absolute atomic E-state index is 0.186. The first-order chi connectivity index (χ1) is 8.26. The lowest BCUT2D eigenvalue weighted by Crippen LogP contribution is -2.27. The molecular formula is C11H13N5O. The van der Waals surface area contributed by atoms with E-state index >= 15 is 0 Å². The second kappa shape index (κ2) is 7.05. The topological polar surface area (TPSA) is 104 Å². The van der Waals surface area contributed by atoms with Crippen LogP contribution in [-0.4, -0.2) is 19.0 Å². The zero-order valence-corrected chi connectivity index (χ0v) is 9.21. The zero-order valence-electron chi connectivity index (χ0n) is 9.21. The molecule has 88 valence electrons. The van der Waals surface area contributed by atoms with Crippen molar-refractivity contribution in [2.75, 3.05) is 13.1 Å². The van der Waals surface area contributed by atoms with E-state index in [1.807, 2.05) is 0 Å². The molecule has 1 amide bonds. The van der Waals surface area contributed by atoms with E-state index in [-0.39, 0.29) is 5.91 Å². The molecule has 0 radical (unpaired) electrons. The van der Waals surface area contributed by atoms with Crippen LogP contribution in [0.2, 0.25) is 0 Å². The predicted molar refractivity (Wildman–Crippen MR) is 66.3 cm³/mol. The van der Waals surface area contributed by atoms with Crippen molar-refractivity contribution in [3.63, 3.8) is 0 Å². The summed E-state index contributed by atoms with van der Waals surface area (Å²) < 4.78 is 0. The fraction of sp³-hybridized carbons (Fsp3) is 0.182. The normalized spacial score (nSPS) is 9.94. The summed E-state index contributed by atoms with van der Waals surface area (Å²) in [6, 6.07) is 6.88. The van der Waals surface area contributed by atoms with Crippen LogP contribution >= 0.6 is 0 Å². The highest BCUT2D eigenvalue weighted by Gasteiger charge is 1.93. The Morgan fingerprint density at radius 3 is 2.76 bits per heavy atom. The Hall–Kier alpha value is -2.30. The molecule has 6 nitrogen and oxygen atoms in total. The first-order valence-corrected chi connectivity index (χ1v) is 5.07. The third-order valence-corrected chi connectivity index (χ3v) is 1.92. The molecule has 17 heavy (non-hydrogen) atoms. The fourth-order valence-corrected chi connectivity index (χ4v) is 1.13. The van der Waals surface area contributed by atoms with E-state index in [1.54, 1.807) is 30.3 Å². The third kappa shape index (κ3) is 4.83. The molecule has 0 aliphatic carbocycles. The summed E-state index contributed by atoms with van der Waals surface area (Å²) in [5.74, 6) is -0.186. The molecule has 1 aromatic carbocycles. The van der Waals surface area contributed by atoms with Crippen molar-refractivity contribution in [2.45, 2.75) is 0 Å². The van der Waals surface area contributed by atoms with Gasteiger partial charge in [-0.3, -0.25) is 4.79 Å². The highest BCUT2D eigenvalue weighted by Crippen LogP contribution is 2.13. The molecule has 0 heterocycles. The zero-order chi connectivity index (χ0) is 12.5. The predicted octanol–water partition coefficient (Wildman–Crippen LogP) is 1.72. The molecule has 0 saturated carbocycles. The van der Waals surface area contributed by atoms with Gasteiger partial charge in [0.25, 0.3) is 0 Å². The Bertz CT molecular complexity index is 445. The Morgan fingerprint density at radius 1 is 1.47 bits per heavy atom. The van der Waals surface area contributed by atoms with Gasteiger partial charge in [0.05, 0.1) is 0 Å². The minimum Gasteiger partial charge on any atom is -0.351 e. The van der Waals surface area contributed by atoms with Gasteiger partial charge >= 0.3 is 0 Å². The summed E-state index contributed by atoms with van der Waals surface area (Å²) in [7, 11) is 0. The summed E-state index contributed by atoms with van der Waals surface area (Å²) in [6.45, 7) is 0.874. The Labute approximate surface area is 98.8 Å². The monoisotopic (exact) mass is 231 g/mol. The molecule has 1 rings (SSSR count). The number of nitrogens with two attached hydrogens (primary N) is 1. The van der Waals surface area contributed by atoms with Crippen LogP contribution in [0.25, 0.3) is 16.5 Å². The Balaban J connectivity index is 2.59. The largest absolute Gasteiger partial charge is 0.351 e. The van der Waals surface area contributed by atoms with E-state index in [9.17, 15) is 4.79 Å². The molecule has 0 unspecified atom stereocenters. The number of rotatable bonds is 5. The summed E-state index contributed by atoms with van der Waals surface area (Å²) in [5, 5.41) is 6.06. The number of amides is 1. The lowest BCUT2D eigenvalue weighted by atomic mass is 10.2. The van der Waals surface area contributed by atoms with Crippen molar-refractivity contribution < 1.29 is 4.79 Å². The van der Waals surface area contributed by atoms with Gasteiger partial charge in [-0.25, -0.2) is 0 Å². The highest BCUT2D eigenvalue weighted by molar-refractivity contribution is 5.91. The van der Waals surface area contributed by atoms with Gasteiger partial charge in [0.1, 0.15) is 0 Å². The van der Waals surface area contributed by atoms with Crippen molar-refractivity contribution >= 4 is 17.7 Å². The number of carbonyl (C=O) groups excluding carboxylic acids is 1. The quantitative estimate of drug-likeness (QED) is 0.348. The van der Waals surface area contributed by atoms with Crippen LogP contribution in [0, 0.1) is 0 Å². The van der Waals surface area contributed by atoms with E-state index in [4.69, 9.17) is 11.3 Å². The number of nitrogens with one attached hydrogen (secondary N) is 1. The molecule has 0 aliphatic heterocycles. The van der Waals surface area contributed by atoms with Gasteiger partial charge in [-0.15, -0.1) is 0 Å². The lowest BCUT2D eigenvalue weighted by Gasteiger charge is -1.98. The average Bonchev–Trinajstić information content (AvgIpc) is 2.36. The number of azide groups is 1. The molecule has 0 spiro atoms. The van der Waals surface area contributed by atoms with Crippen LogP contribution in [0.3, 0.4) is 0 Å². The molecule has 0 aliphatic rings. The van der Waals surface area contributed by atoms with Gasteiger partial charge in [0, 0.05) is 29.8 Å². The SMILES string of the molecule is [N-]=[N+]=Nc1ccc(C=CC(=O)NCCN)cc1. The van der Waals surface area contributed by atoms with Crippen LogP contribution in [0.4, 0.5) is 5.69 Å². The van der Waals surface area contributed by atoms with Gasteiger partial charge in [0.15, 0.2) is 0 Å². The summed E-state index contributed by atoms with van der Waals surface area (Å²) in [6.07, 6.45) is 3.10. The molecule has 0 atom stereocenters. The average molecular weight is 231 g/mol. The molecule has 0 fully saturated rings. The van der Waals surface area contributed by atoms with E-state index < -0.39 is 0 Å². The molecule has 0 bridgehead atoms. The van der Waals surface area contributed by atoms with E-state index in [0.717, 1.165) is 5.56 Å². The van der Waals surface area contributed by atoms with Crippen LogP contribution in [0.5, 0.6) is 0 Å². The smallest absolute Gasteiger partial charge is 0.244 e. The second-order valence-corrected chi connectivity index (χ2v) is 3.19. The molecule has 0 aromatic heterocycles. The third-order valence-electron chi connectivity index (χ3n) is 1.92. The first kappa shape index (κ1) is 12.8. The summed E-state index contributed by atoms with van der Waals surface area (Å²) in [4.78, 5) is 13.9. The number of carbonyl (C=O) groups is 1. The fourth-order valence-electron chi connectivity index (χ4n) is 1.13. The second-order valence-electron chi connectivity index (χ2n) is 3.19. The molecular weight excluding hydrogens is 218 g/mol. The number of hydrogen-bond donors (Lipinski definition) is 2. The minimum atomic E-state index is -0.186. The Kier molecular flexibility index (Phi) is 5.30. The molecule has 3 N–H and O–H groups in total. The first-order valence-electron chi connectivity index (χ1n) is 5.07. The van der Waals surface area contributed by atoms with E-state index in [0.29, 0.717) is 18.8 Å². The van der Waals surface area contributed by atoms with Gasteiger partial charge in [-0.1, -0.05) is 29.4 Å². The van der Waals surface area contributed by atoms with Gasteiger partial charge < -0.3 is 11.1 Å². The van der Waals surface area contributed by atoms with E-state index in [2.05, 4.69) is 15.3 Å². The molecule has 1 aromatic rings. The van der Waals surface area contributed by atoms with Gasteiger partial charge in [0.2, 0.25) is 5.91 Å². The van der Waals surface area contributed by atoms with Crippen LogP contribution in [0.15, 0.2) is 35.5 Å². The molecule has 6 heteroatoms. The maximum absolute atomic E-state index is 11.2. The Morgan fingerprint density at radius 2 is 2.18 bits per heavy atom. The number of hydrogen-bond acceptors (Lipinski definition) is 3. The van der Waals surface area contributed by atoms with Crippen molar-refractivity contribution in [3.05, 3.63) is 46.3 Å². The van der Waals surface area contributed by atoms with Gasteiger partial charge in [-0.2, -0.15) is 0 Å². The summed E-state index contributed by atoms with van der Waals surface area (Å²) in [5.41, 5.74) is 14.9. The van der Waals surface area contributed by atoms with Crippen molar-refractivity contribution in [1.29, 1.82) is 0 Å². The van der Waals surface area contributed by atoms with Crippen molar-refractivity contribution in [3.8, 4) is 0 Å². The highest BCUT2D eigenvalue weighted by atomic mass is 16.1. The molecule has 0 saturated heterocycles. The number of benzene rings is 1. The van der Waals surface area contributed by atoms with E-state index in [1.165, 1.54) is 6.08 Å². The maximum Gasteiger partial charge on any atom is 0.244 e. The van der Waals surface area contributed by atoms with Crippen molar-refractivity contribution in [1.82, 2.24) is 5.32 Å². The lowest BCUT2D eigenvalue weighted by molar-refractivity contribution is -0.116. The maximum atomic E-state index is 11.2. The standard InChI is InChI=1S/C11H13N5O/c12-7-8-14-11(17)6-3-9-1-4-10(5-2-9)15-16-13/h1-6H,7-8,12H2,(H,14,17). The van der Waals surface area contributed by atoms with Gasteiger partial charge in [-0.05, 0) is 17.2 Å². The van der Waals surface area contributed by atoms with Crippen LogP contribution in [0.1, 0.15) is 5.56 Å². The van der Waals surface area contributed by atoms with Crippen LogP contribution < -0.4 is 11.1 Å². The van der Waals surface area contributed by atoms with Crippen molar-refractivity contribution in [2.24, 2.45) is 10.8 Å². The number of nitrogens with zero attached hydrogens (tertiary/aromatic N) is 3. The van der Waals surface area contributed by atoms with Crippen LogP contribution in [-0.2, 0) is 4.79 Å².